The van der Waals surface area contributed by atoms with Crippen molar-refractivity contribution in [3.8, 4) is 6.07 Å². The molecule has 1 N–H and O–H groups in total. The van der Waals surface area contributed by atoms with E-state index in [-0.39, 0.29) is 16.8 Å². The van der Waals surface area contributed by atoms with Crippen LogP contribution in [0.5, 0.6) is 0 Å². The van der Waals surface area contributed by atoms with Crippen LogP contribution in [0.3, 0.4) is 0 Å². The monoisotopic (exact) mass is 310 g/mol. The smallest absolute Gasteiger partial charge is 0.339 e. The second-order valence-corrected chi connectivity index (χ2v) is 4.61. The fourth-order valence-electron chi connectivity index (χ4n) is 1.89. The second kappa shape index (κ2) is 7.09. The van der Waals surface area contributed by atoms with Gasteiger partial charge >= 0.3 is 5.97 Å². The second-order valence-electron chi connectivity index (χ2n) is 4.61. The predicted molar refractivity (Wildman–Crippen MR) is 83.4 cm³/mol. The van der Waals surface area contributed by atoms with Crippen molar-refractivity contribution in [2.75, 3.05) is 12.4 Å². The van der Waals surface area contributed by atoms with Gasteiger partial charge in [0.05, 0.1) is 18.4 Å². The van der Waals surface area contributed by atoms with Gasteiger partial charge in [-0.05, 0) is 31.2 Å². The average molecular weight is 310 g/mol. The third kappa shape index (κ3) is 3.86. The minimum Gasteiger partial charge on any atom is -0.465 e. The molecule has 1 aromatic carbocycles. The summed E-state index contributed by atoms with van der Waals surface area (Å²) in [4.78, 5) is 23.9. The number of ether oxygens (including phenoxy) is 1. The molecular formula is C17H14N2O4. The Bertz CT molecular complexity index is 812. The van der Waals surface area contributed by atoms with Crippen molar-refractivity contribution in [1.29, 1.82) is 5.26 Å². The van der Waals surface area contributed by atoms with E-state index in [0.29, 0.717) is 11.5 Å². The number of esters is 1. The molecule has 1 heterocycles. The van der Waals surface area contributed by atoms with Gasteiger partial charge in [0.1, 0.15) is 23.2 Å². The molecule has 0 fully saturated rings. The van der Waals surface area contributed by atoms with E-state index in [1.807, 2.05) is 6.07 Å². The number of hydrogen-bond donors (Lipinski definition) is 1. The van der Waals surface area contributed by atoms with Crippen molar-refractivity contribution in [1.82, 2.24) is 0 Å². The fourth-order valence-corrected chi connectivity index (χ4v) is 1.89. The lowest BCUT2D eigenvalue weighted by atomic mass is 10.1. The van der Waals surface area contributed by atoms with Crippen LogP contribution in [0.4, 0.5) is 5.69 Å². The number of para-hydroxylation sites is 1. The third-order valence-corrected chi connectivity index (χ3v) is 2.99. The first-order chi connectivity index (χ1) is 11.0. The summed E-state index contributed by atoms with van der Waals surface area (Å²) in [7, 11) is 1.25. The Balaban J connectivity index is 2.26. The first-order valence-electron chi connectivity index (χ1n) is 6.72. The highest BCUT2D eigenvalue weighted by atomic mass is 16.5. The number of hydrogen-bond acceptors (Lipinski definition) is 5. The number of methoxy groups -OCH3 is 1. The van der Waals surface area contributed by atoms with E-state index >= 15 is 0 Å². The number of anilines is 1. The van der Waals surface area contributed by atoms with Crippen LogP contribution < -0.4 is 5.32 Å². The zero-order chi connectivity index (χ0) is 16.8. The molecule has 0 atom stereocenters. The molecule has 2 aromatic rings. The van der Waals surface area contributed by atoms with Crippen molar-refractivity contribution < 1.29 is 18.7 Å². The topological polar surface area (TPSA) is 92.3 Å². The summed E-state index contributed by atoms with van der Waals surface area (Å²) in [6.45, 7) is 1.76. The normalized spacial score (nSPS) is 10.7. The largest absolute Gasteiger partial charge is 0.465 e. The van der Waals surface area contributed by atoms with E-state index < -0.39 is 11.9 Å². The molecule has 23 heavy (non-hydrogen) atoms. The van der Waals surface area contributed by atoms with Gasteiger partial charge in [-0.3, -0.25) is 4.79 Å². The predicted octanol–water partition coefficient (Wildman–Crippen LogP) is 2.92. The Morgan fingerprint density at radius 3 is 2.61 bits per heavy atom. The molecule has 0 unspecified atom stereocenters. The molecule has 1 aromatic heterocycles. The van der Waals surface area contributed by atoms with Crippen LogP contribution in [-0.4, -0.2) is 19.0 Å². The lowest BCUT2D eigenvalue weighted by Gasteiger charge is -2.08. The highest BCUT2D eigenvalue weighted by molar-refractivity contribution is 6.11. The lowest BCUT2D eigenvalue weighted by molar-refractivity contribution is -0.112. The highest BCUT2D eigenvalue weighted by Crippen LogP contribution is 2.18. The zero-order valence-electron chi connectivity index (χ0n) is 12.6. The van der Waals surface area contributed by atoms with Gasteiger partial charge in [0.25, 0.3) is 5.91 Å². The fraction of sp³-hybridized carbons (Fsp3) is 0.118. The number of carbonyl (C=O) groups excluding carboxylic acids is 2. The Morgan fingerprint density at radius 2 is 2.00 bits per heavy atom. The quantitative estimate of drug-likeness (QED) is 0.532. The van der Waals surface area contributed by atoms with Crippen LogP contribution in [-0.2, 0) is 9.53 Å². The van der Waals surface area contributed by atoms with E-state index in [1.165, 1.54) is 19.3 Å². The van der Waals surface area contributed by atoms with Gasteiger partial charge in [-0.1, -0.05) is 12.1 Å². The van der Waals surface area contributed by atoms with Crippen LogP contribution in [0.25, 0.3) is 6.08 Å². The molecular weight excluding hydrogens is 296 g/mol. The Labute approximate surface area is 133 Å². The maximum absolute atomic E-state index is 12.2. The van der Waals surface area contributed by atoms with Gasteiger partial charge in [0.15, 0.2) is 0 Å². The van der Waals surface area contributed by atoms with E-state index in [9.17, 15) is 9.59 Å². The maximum Gasteiger partial charge on any atom is 0.339 e. The van der Waals surface area contributed by atoms with Crippen LogP contribution in [0, 0.1) is 18.3 Å². The highest BCUT2D eigenvalue weighted by Gasteiger charge is 2.16. The molecule has 6 heteroatoms. The number of nitrogens with one attached hydrogen (secondary N) is 1. The molecule has 0 radical (unpaired) electrons. The molecule has 0 aliphatic rings. The Hall–Kier alpha value is -3.33. The van der Waals surface area contributed by atoms with Gasteiger partial charge in [0.2, 0.25) is 0 Å². The lowest BCUT2D eigenvalue weighted by Crippen LogP contribution is -2.16. The van der Waals surface area contributed by atoms with Crippen LogP contribution in [0.15, 0.2) is 46.4 Å². The first-order valence-corrected chi connectivity index (χ1v) is 6.72. The number of benzene rings is 1. The molecule has 0 bridgehead atoms. The van der Waals surface area contributed by atoms with E-state index in [4.69, 9.17) is 9.68 Å². The maximum atomic E-state index is 12.2. The van der Waals surface area contributed by atoms with E-state index in [0.717, 1.165) is 0 Å². The van der Waals surface area contributed by atoms with Gasteiger partial charge < -0.3 is 14.5 Å². The minimum absolute atomic E-state index is 0.140. The number of carbonyl (C=O) groups is 2. The summed E-state index contributed by atoms with van der Waals surface area (Å²) in [5, 5.41) is 11.7. The SMILES string of the molecule is COC(=O)c1ccccc1NC(=O)C(C#N)=Cc1ccc(C)o1. The number of furan rings is 1. The standard InChI is InChI=1S/C17H14N2O4/c1-11-7-8-13(23-11)9-12(10-18)16(20)19-15-6-4-3-5-14(15)17(21)22-2/h3-9H,1-2H3,(H,19,20). The van der Waals surface area contributed by atoms with Gasteiger partial charge in [-0.2, -0.15) is 5.26 Å². The van der Waals surface area contributed by atoms with E-state index in [1.54, 1.807) is 37.3 Å². The molecule has 0 spiro atoms. The molecule has 0 saturated heterocycles. The van der Waals surface area contributed by atoms with Crippen LogP contribution in [0.1, 0.15) is 21.9 Å². The van der Waals surface area contributed by atoms with E-state index in [2.05, 4.69) is 10.1 Å². The van der Waals surface area contributed by atoms with Crippen molar-refractivity contribution >= 4 is 23.6 Å². The number of nitrogens with zero attached hydrogens (tertiary/aromatic N) is 1. The molecule has 0 aliphatic carbocycles. The minimum atomic E-state index is -0.641. The molecule has 1 amide bonds. The van der Waals surface area contributed by atoms with Gasteiger partial charge in [-0.15, -0.1) is 0 Å². The Kier molecular flexibility index (Phi) is 4.95. The number of aryl methyl sites for hydroxylation is 1. The molecule has 0 aliphatic heterocycles. The van der Waals surface area contributed by atoms with Crippen molar-refractivity contribution in [3.05, 3.63) is 59.1 Å². The van der Waals surface area contributed by atoms with Crippen LogP contribution in [0.2, 0.25) is 0 Å². The molecule has 0 saturated carbocycles. The third-order valence-electron chi connectivity index (χ3n) is 2.99. The summed E-state index contributed by atoms with van der Waals surface area (Å²) in [6, 6.07) is 11.6. The zero-order valence-corrected chi connectivity index (χ0v) is 12.6. The van der Waals surface area contributed by atoms with Crippen molar-refractivity contribution in [2.45, 2.75) is 6.92 Å². The average Bonchev–Trinajstić information content (AvgIpc) is 2.97. The number of amides is 1. The van der Waals surface area contributed by atoms with Gasteiger partial charge in [0, 0.05) is 6.08 Å². The van der Waals surface area contributed by atoms with Gasteiger partial charge in [-0.25, -0.2) is 4.79 Å². The van der Waals surface area contributed by atoms with Crippen molar-refractivity contribution in [3.63, 3.8) is 0 Å². The summed E-state index contributed by atoms with van der Waals surface area (Å²) in [5.74, 6) is -0.150. The molecule has 116 valence electrons. The summed E-state index contributed by atoms with van der Waals surface area (Å²) >= 11 is 0. The molecule has 6 nitrogen and oxygen atoms in total. The van der Waals surface area contributed by atoms with Crippen molar-refractivity contribution in [2.24, 2.45) is 0 Å². The summed E-state index contributed by atoms with van der Waals surface area (Å²) < 4.78 is 9.97. The number of nitriles is 1. The number of rotatable bonds is 4. The molecule has 2 rings (SSSR count). The first kappa shape index (κ1) is 16.0. The van der Waals surface area contributed by atoms with Crippen LogP contribution >= 0.6 is 0 Å². The Morgan fingerprint density at radius 1 is 1.26 bits per heavy atom. The summed E-state index contributed by atoms with van der Waals surface area (Å²) in [6.07, 6.45) is 1.34. The summed E-state index contributed by atoms with van der Waals surface area (Å²) in [5.41, 5.74) is 0.328.